The average molecular weight is 310 g/mol. The number of benzene rings is 1. The summed E-state index contributed by atoms with van der Waals surface area (Å²) in [5.74, 6) is 1.39. The number of unbranched alkanes of at least 4 members (excludes halogenated alkanes) is 1. The van der Waals surface area contributed by atoms with E-state index < -0.39 is 0 Å². The Balaban J connectivity index is 1.83. The molecule has 0 unspecified atom stereocenters. The van der Waals surface area contributed by atoms with E-state index in [9.17, 15) is 0 Å². The number of nitrogens with zero attached hydrogens (tertiary/aromatic N) is 2. The Morgan fingerprint density at radius 2 is 1.91 bits per heavy atom. The number of hydrogen-bond acceptors (Lipinski definition) is 3. The van der Waals surface area contributed by atoms with Crippen molar-refractivity contribution in [3.8, 4) is 0 Å². The Bertz CT molecular complexity index is 840. The second-order valence-corrected chi connectivity index (χ2v) is 7.66. The summed E-state index contributed by atoms with van der Waals surface area (Å²) in [6.07, 6.45) is 4.82. The van der Waals surface area contributed by atoms with Crippen LogP contribution in [0.1, 0.15) is 51.4 Å². The Morgan fingerprint density at radius 3 is 2.65 bits per heavy atom. The minimum absolute atomic E-state index is 0.419. The van der Waals surface area contributed by atoms with E-state index in [1.165, 1.54) is 24.8 Å². The number of H-pyrrole nitrogens is 1. The monoisotopic (exact) mass is 310 g/mol. The number of nitrogens with one attached hydrogen (secondary N) is 1. The molecule has 122 valence electrons. The van der Waals surface area contributed by atoms with Gasteiger partial charge in [-0.25, -0.2) is 9.97 Å². The van der Waals surface area contributed by atoms with Crippen LogP contribution in [0, 0.1) is 12.3 Å². The lowest BCUT2D eigenvalue weighted by molar-refractivity contribution is 0.360. The number of rotatable bonds is 4. The van der Waals surface area contributed by atoms with Gasteiger partial charge in [0.25, 0.3) is 0 Å². The predicted molar refractivity (Wildman–Crippen MR) is 97.6 cm³/mol. The van der Waals surface area contributed by atoms with Gasteiger partial charge in [-0.05, 0) is 43.2 Å². The maximum Gasteiger partial charge on any atom is 0.150 e. The number of anilines is 1. The zero-order valence-corrected chi connectivity index (χ0v) is 14.5. The van der Waals surface area contributed by atoms with Gasteiger partial charge in [-0.1, -0.05) is 39.3 Å². The molecule has 0 atom stereocenters. The largest absolute Gasteiger partial charge is 0.382 e. The molecule has 0 bridgehead atoms. The fourth-order valence-corrected chi connectivity index (χ4v) is 3.07. The molecule has 0 aliphatic carbocycles. The highest BCUT2D eigenvalue weighted by atomic mass is 15.0. The molecule has 0 radical (unpaired) electrons. The van der Waals surface area contributed by atoms with Crippen LogP contribution in [-0.2, 0) is 6.42 Å². The van der Waals surface area contributed by atoms with Crippen molar-refractivity contribution < 1.29 is 0 Å². The molecule has 2 aromatic heterocycles. The maximum atomic E-state index is 6.07. The lowest BCUT2D eigenvalue weighted by Gasteiger charge is -2.17. The number of aromatic nitrogens is 3. The van der Waals surface area contributed by atoms with Crippen LogP contribution in [0.5, 0.6) is 0 Å². The summed E-state index contributed by atoms with van der Waals surface area (Å²) in [4.78, 5) is 12.3. The average Bonchev–Trinajstić information content (AvgIpc) is 2.85. The minimum atomic E-state index is 0.419. The second kappa shape index (κ2) is 5.84. The van der Waals surface area contributed by atoms with Gasteiger partial charge in [0.15, 0.2) is 0 Å². The first-order valence-electron chi connectivity index (χ1n) is 8.38. The molecule has 0 amide bonds. The van der Waals surface area contributed by atoms with E-state index in [0.717, 1.165) is 34.2 Å². The van der Waals surface area contributed by atoms with Crippen LogP contribution in [0.2, 0.25) is 0 Å². The molecule has 2 heterocycles. The van der Waals surface area contributed by atoms with E-state index in [1.807, 2.05) is 6.92 Å². The third-order valence-electron chi connectivity index (χ3n) is 4.28. The molecule has 0 spiro atoms. The normalized spacial score (nSPS) is 12.3. The highest BCUT2D eigenvalue weighted by Crippen LogP contribution is 2.27. The highest BCUT2D eigenvalue weighted by molar-refractivity contribution is 6.06. The Hall–Kier alpha value is -2.10. The van der Waals surface area contributed by atoms with Gasteiger partial charge in [0.1, 0.15) is 22.7 Å². The summed E-state index contributed by atoms with van der Waals surface area (Å²) in [6, 6.07) is 6.48. The second-order valence-electron chi connectivity index (χ2n) is 7.66. The summed E-state index contributed by atoms with van der Waals surface area (Å²) in [5, 5.41) is 1.07. The van der Waals surface area contributed by atoms with Crippen LogP contribution in [-0.4, -0.2) is 15.0 Å². The minimum Gasteiger partial charge on any atom is -0.382 e. The molecule has 3 N–H and O–H groups in total. The number of nitrogens with two attached hydrogens (primary N) is 1. The molecule has 0 aliphatic rings. The standard InChI is InChI=1S/C19H26N4/c1-12-21-16-14-9-8-13(7-5-6-10-19(2,3)4)11-15(14)23-18(20)17(16)22-12/h8-9,11H,5-7,10H2,1-4H3,(H2,20,23)(H,21,22). The molecule has 4 heteroatoms. The number of nitrogen functional groups attached to an aromatic ring is 1. The lowest BCUT2D eigenvalue weighted by Crippen LogP contribution is -2.04. The smallest absolute Gasteiger partial charge is 0.150 e. The van der Waals surface area contributed by atoms with Crippen LogP contribution >= 0.6 is 0 Å². The quantitative estimate of drug-likeness (QED) is 0.683. The fraction of sp³-hybridized carbons (Fsp3) is 0.474. The summed E-state index contributed by atoms with van der Waals surface area (Å²) in [7, 11) is 0. The molecule has 1 aromatic carbocycles. The first-order chi connectivity index (χ1) is 10.8. The number of aryl methyl sites for hydroxylation is 2. The molecule has 3 aromatic rings. The van der Waals surface area contributed by atoms with E-state index in [0.29, 0.717) is 11.2 Å². The van der Waals surface area contributed by atoms with Gasteiger partial charge in [0.05, 0.1) is 5.52 Å². The molecule has 0 saturated carbocycles. The molecular weight excluding hydrogens is 284 g/mol. The van der Waals surface area contributed by atoms with Crippen molar-refractivity contribution in [2.24, 2.45) is 5.41 Å². The van der Waals surface area contributed by atoms with Crippen molar-refractivity contribution in [1.29, 1.82) is 0 Å². The Labute approximate surface area is 137 Å². The van der Waals surface area contributed by atoms with Crippen molar-refractivity contribution in [3.63, 3.8) is 0 Å². The Kier molecular flexibility index (Phi) is 4.00. The van der Waals surface area contributed by atoms with Crippen LogP contribution in [0.15, 0.2) is 18.2 Å². The van der Waals surface area contributed by atoms with Crippen LogP contribution < -0.4 is 5.73 Å². The molecule has 4 nitrogen and oxygen atoms in total. The van der Waals surface area contributed by atoms with E-state index >= 15 is 0 Å². The van der Waals surface area contributed by atoms with E-state index in [-0.39, 0.29) is 0 Å². The predicted octanol–water partition coefficient (Wildman–Crippen LogP) is 4.76. The summed E-state index contributed by atoms with van der Waals surface area (Å²) in [6.45, 7) is 8.83. The van der Waals surface area contributed by atoms with Gasteiger partial charge in [0.2, 0.25) is 0 Å². The van der Waals surface area contributed by atoms with Crippen molar-refractivity contribution >= 4 is 27.8 Å². The van der Waals surface area contributed by atoms with Gasteiger partial charge in [-0.3, -0.25) is 0 Å². The third kappa shape index (κ3) is 3.46. The van der Waals surface area contributed by atoms with Crippen molar-refractivity contribution in [3.05, 3.63) is 29.6 Å². The molecule has 23 heavy (non-hydrogen) atoms. The SMILES string of the molecule is Cc1nc2c([nH]1)c(N)nc1cc(CCCCC(C)(C)C)ccc12. The maximum absolute atomic E-state index is 6.07. The third-order valence-corrected chi connectivity index (χ3v) is 4.28. The number of hydrogen-bond donors (Lipinski definition) is 2. The van der Waals surface area contributed by atoms with Crippen LogP contribution in [0.25, 0.3) is 21.9 Å². The van der Waals surface area contributed by atoms with E-state index in [4.69, 9.17) is 5.73 Å². The topological polar surface area (TPSA) is 67.6 Å². The van der Waals surface area contributed by atoms with E-state index in [1.54, 1.807) is 0 Å². The number of pyridine rings is 1. The van der Waals surface area contributed by atoms with Crippen molar-refractivity contribution in [2.45, 2.75) is 53.4 Å². The fourth-order valence-electron chi connectivity index (χ4n) is 3.07. The molecule has 3 rings (SSSR count). The first-order valence-corrected chi connectivity index (χ1v) is 8.38. The van der Waals surface area contributed by atoms with Gasteiger partial charge in [-0.15, -0.1) is 0 Å². The lowest BCUT2D eigenvalue weighted by atomic mass is 9.89. The van der Waals surface area contributed by atoms with Crippen molar-refractivity contribution in [2.75, 3.05) is 5.73 Å². The van der Waals surface area contributed by atoms with Crippen LogP contribution in [0.4, 0.5) is 5.82 Å². The Morgan fingerprint density at radius 1 is 1.13 bits per heavy atom. The molecular formula is C19H26N4. The van der Waals surface area contributed by atoms with Gasteiger partial charge in [0, 0.05) is 5.39 Å². The zero-order chi connectivity index (χ0) is 16.6. The molecule has 0 saturated heterocycles. The first kappa shape index (κ1) is 15.8. The number of imidazole rings is 1. The highest BCUT2D eigenvalue weighted by Gasteiger charge is 2.11. The summed E-state index contributed by atoms with van der Waals surface area (Å²) < 4.78 is 0. The van der Waals surface area contributed by atoms with Crippen LogP contribution in [0.3, 0.4) is 0 Å². The van der Waals surface area contributed by atoms with Gasteiger partial charge in [-0.2, -0.15) is 0 Å². The van der Waals surface area contributed by atoms with Gasteiger partial charge >= 0.3 is 0 Å². The van der Waals surface area contributed by atoms with Crippen molar-refractivity contribution in [1.82, 2.24) is 15.0 Å². The number of fused-ring (bicyclic) bond motifs is 3. The van der Waals surface area contributed by atoms with E-state index in [2.05, 4.69) is 53.9 Å². The van der Waals surface area contributed by atoms with Gasteiger partial charge < -0.3 is 10.7 Å². The molecule has 0 aliphatic heterocycles. The zero-order valence-electron chi connectivity index (χ0n) is 14.5. The summed E-state index contributed by atoms with van der Waals surface area (Å²) >= 11 is 0. The number of aromatic amines is 1. The molecule has 0 fully saturated rings. The summed E-state index contributed by atoms with van der Waals surface area (Å²) in [5.41, 5.74) is 10.5.